The molecule has 1 heterocycles. The minimum Gasteiger partial charge on any atom is -0.404 e. The van der Waals surface area contributed by atoms with Gasteiger partial charge in [-0.2, -0.15) is 8.42 Å². The number of phosphoric acid groups is 1. The summed E-state index contributed by atoms with van der Waals surface area (Å²) in [7, 11) is -9.51. The van der Waals surface area contributed by atoms with Gasteiger partial charge in [0.15, 0.2) is 0 Å². The van der Waals surface area contributed by atoms with E-state index in [1.807, 2.05) is 0 Å². The standard InChI is InChI=1S/C19H15ClF4N3O8PS2/c20-13-7-11(1-3-15(13)35-19(22,23)24)9-25-17(28)12-2-4-16(14(21)8-12)38(32,33)26-18-27(5-6-37-18)10-34-36(29,30)31/h1-8H,9-10H2,(H,25,28)(H2,29,30,31). The molecule has 0 atom stereocenters. The first-order valence-electron chi connectivity index (χ1n) is 9.81. The number of rotatable bonds is 9. The van der Waals surface area contributed by atoms with Crippen LogP contribution >= 0.6 is 30.8 Å². The third-order valence-electron chi connectivity index (χ3n) is 4.37. The second-order valence-corrected chi connectivity index (χ2v) is 11.2. The van der Waals surface area contributed by atoms with Gasteiger partial charge in [-0.15, -0.1) is 28.9 Å². The first kappa shape index (κ1) is 29.8. The van der Waals surface area contributed by atoms with Crippen molar-refractivity contribution in [2.45, 2.75) is 24.5 Å². The molecule has 11 nitrogen and oxygen atoms in total. The van der Waals surface area contributed by atoms with Gasteiger partial charge in [0.05, 0.1) is 5.02 Å². The van der Waals surface area contributed by atoms with Crippen LogP contribution < -0.4 is 14.9 Å². The van der Waals surface area contributed by atoms with Crippen LogP contribution in [0.5, 0.6) is 5.75 Å². The highest BCUT2D eigenvalue weighted by atomic mass is 35.5. The molecule has 38 heavy (non-hydrogen) atoms. The van der Waals surface area contributed by atoms with Crippen LogP contribution in [0.3, 0.4) is 0 Å². The molecular weight excluding hydrogens is 605 g/mol. The lowest BCUT2D eigenvalue weighted by Gasteiger charge is -2.12. The number of ether oxygens (including phenoxy) is 1. The van der Waals surface area contributed by atoms with E-state index in [0.717, 1.165) is 40.2 Å². The van der Waals surface area contributed by atoms with Crippen molar-refractivity contribution in [3.8, 4) is 5.75 Å². The van der Waals surface area contributed by atoms with E-state index < -0.39 is 53.3 Å². The number of phosphoric ester groups is 1. The quantitative estimate of drug-likeness (QED) is 0.243. The Morgan fingerprint density at radius 3 is 2.53 bits per heavy atom. The SMILES string of the molecule is O=C(NCc1ccc(OC(F)(F)F)c(Cl)c1)c1ccc(S(=O)(=O)N=c2sccn2COP(=O)(O)O)c(F)c1. The molecule has 1 amide bonds. The zero-order valence-corrected chi connectivity index (χ0v) is 21.7. The van der Waals surface area contributed by atoms with Crippen LogP contribution in [0.2, 0.25) is 5.02 Å². The largest absolute Gasteiger partial charge is 0.573 e. The normalized spacial score (nSPS) is 13.0. The molecule has 0 radical (unpaired) electrons. The van der Waals surface area contributed by atoms with E-state index in [9.17, 15) is 35.3 Å². The van der Waals surface area contributed by atoms with Gasteiger partial charge in [-0.05, 0) is 35.9 Å². The van der Waals surface area contributed by atoms with E-state index in [2.05, 4.69) is 19.0 Å². The molecule has 0 saturated carbocycles. The average molecular weight is 620 g/mol. The van der Waals surface area contributed by atoms with Gasteiger partial charge in [-0.3, -0.25) is 13.9 Å². The average Bonchev–Trinajstić information content (AvgIpc) is 3.22. The Morgan fingerprint density at radius 2 is 1.92 bits per heavy atom. The Labute approximate surface area is 220 Å². The number of alkyl halides is 3. The highest BCUT2D eigenvalue weighted by molar-refractivity contribution is 7.90. The summed E-state index contributed by atoms with van der Waals surface area (Å²) in [5, 5.41) is 3.38. The summed E-state index contributed by atoms with van der Waals surface area (Å²) >= 11 is 6.52. The minimum atomic E-state index is -4.94. The Bertz CT molecular complexity index is 1570. The maximum Gasteiger partial charge on any atom is 0.573 e. The Kier molecular flexibility index (Phi) is 9.03. The topological polar surface area (TPSA) is 157 Å². The van der Waals surface area contributed by atoms with Crippen LogP contribution in [-0.4, -0.2) is 35.0 Å². The predicted molar refractivity (Wildman–Crippen MR) is 124 cm³/mol. The number of nitrogens with one attached hydrogen (secondary N) is 1. The summed E-state index contributed by atoms with van der Waals surface area (Å²) in [6.07, 6.45) is -3.70. The molecule has 206 valence electrons. The van der Waals surface area contributed by atoms with Gasteiger partial charge in [0.2, 0.25) is 4.80 Å². The molecule has 3 aromatic rings. The second-order valence-electron chi connectivity index (χ2n) is 7.11. The van der Waals surface area contributed by atoms with E-state index in [0.29, 0.717) is 11.6 Å². The van der Waals surface area contributed by atoms with Gasteiger partial charge in [-0.25, -0.2) is 8.96 Å². The summed E-state index contributed by atoms with van der Waals surface area (Å²) in [5.41, 5.74) is 0.0223. The Balaban J connectivity index is 1.73. The summed E-state index contributed by atoms with van der Waals surface area (Å²) < 4.78 is 100. The van der Waals surface area contributed by atoms with Crippen molar-refractivity contribution in [2.24, 2.45) is 4.40 Å². The number of hydrogen-bond donors (Lipinski definition) is 3. The van der Waals surface area contributed by atoms with Gasteiger partial charge in [0.25, 0.3) is 15.9 Å². The highest BCUT2D eigenvalue weighted by Crippen LogP contribution is 2.36. The number of hydrogen-bond acceptors (Lipinski definition) is 7. The number of halogens is 5. The van der Waals surface area contributed by atoms with Crippen molar-refractivity contribution in [3.63, 3.8) is 0 Å². The molecule has 2 aromatic carbocycles. The second kappa shape index (κ2) is 11.5. The monoisotopic (exact) mass is 619 g/mol. The van der Waals surface area contributed by atoms with Crippen LogP contribution in [-0.2, 0) is 32.4 Å². The fourth-order valence-corrected chi connectivity index (χ4v) is 5.27. The van der Waals surface area contributed by atoms with Crippen LogP contribution in [0.1, 0.15) is 15.9 Å². The number of carbonyl (C=O) groups is 1. The van der Waals surface area contributed by atoms with Crippen molar-refractivity contribution >= 4 is 46.7 Å². The lowest BCUT2D eigenvalue weighted by Crippen LogP contribution is -2.23. The maximum absolute atomic E-state index is 14.7. The summed E-state index contributed by atoms with van der Waals surface area (Å²) in [6, 6.07) is 5.75. The van der Waals surface area contributed by atoms with Crippen LogP contribution in [0.4, 0.5) is 17.6 Å². The molecule has 0 spiro atoms. The highest BCUT2D eigenvalue weighted by Gasteiger charge is 2.32. The van der Waals surface area contributed by atoms with Gasteiger partial charge in [0.1, 0.15) is 23.2 Å². The number of nitrogens with zero attached hydrogens (tertiary/aromatic N) is 2. The summed E-state index contributed by atoms with van der Waals surface area (Å²) in [5.74, 6) is -2.78. The molecule has 19 heteroatoms. The predicted octanol–water partition coefficient (Wildman–Crippen LogP) is 3.53. The molecular formula is C19H15ClF4N3O8PS2. The first-order chi connectivity index (χ1) is 17.5. The van der Waals surface area contributed by atoms with Crippen molar-refractivity contribution in [1.29, 1.82) is 0 Å². The fraction of sp³-hybridized carbons (Fsp3) is 0.158. The van der Waals surface area contributed by atoms with Crippen LogP contribution in [0.25, 0.3) is 0 Å². The van der Waals surface area contributed by atoms with Crippen LogP contribution in [0, 0.1) is 5.82 Å². The summed E-state index contributed by atoms with van der Waals surface area (Å²) in [4.78, 5) is 28.8. The van der Waals surface area contributed by atoms with Crippen LogP contribution in [0.15, 0.2) is 57.3 Å². The third-order valence-corrected chi connectivity index (χ3v) is 7.33. The lowest BCUT2D eigenvalue weighted by atomic mass is 10.2. The zero-order chi connectivity index (χ0) is 28.3. The van der Waals surface area contributed by atoms with Crippen molar-refractivity contribution < 1.29 is 54.4 Å². The van der Waals surface area contributed by atoms with Gasteiger partial charge < -0.3 is 19.8 Å². The lowest BCUT2D eigenvalue weighted by molar-refractivity contribution is -0.274. The molecule has 0 aliphatic heterocycles. The molecule has 0 bridgehead atoms. The molecule has 0 aliphatic carbocycles. The number of sulfonamides is 1. The van der Waals surface area contributed by atoms with Crippen molar-refractivity contribution in [1.82, 2.24) is 9.88 Å². The van der Waals surface area contributed by atoms with E-state index in [1.54, 1.807) is 0 Å². The van der Waals surface area contributed by atoms with E-state index in [-0.39, 0.29) is 21.9 Å². The maximum atomic E-state index is 14.7. The number of amides is 1. The molecule has 3 rings (SSSR count). The Morgan fingerprint density at radius 1 is 1.21 bits per heavy atom. The molecule has 0 saturated heterocycles. The van der Waals surface area contributed by atoms with Crippen molar-refractivity contribution in [3.05, 3.63) is 74.7 Å². The molecule has 0 aliphatic rings. The van der Waals surface area contributed by atoms with Gasteiger partial charge >= 0.3 is 14.2 Å². The third kappa shape index (κ3) is 8.36. The number of thiazole rings is 1. The molecule has 0 unspecified atom stereocenters. The fourth-order valence-electron chi connectivity index (χ4n) is 2.76. The molecule has 3 N–H and O–H groups in total. The Hall–Kier alpha value is -2.79. The molecule has 1 aromatic heterocycles. The smallest absolute Gasteiger partial charge is 0.404 e. The number of benzene rings is 2. The minimum absolute atomic E-state index is 0.211. The van der Waals surface area contributed by atoms with Crippen molar-refractivity contribution in [2.75, 3.05) is 0 Å². The van der Waals surface area contributed by atoms with E-state index >= 15 is 0 Å². The van der Waals surface area contributed by atoms with Gasteiger partial charge in [-0.1, -0.05) is 17.7 Å². The zero-order valence-electron chi connectivity index (χ0n) is 18.4. The van der Waals surface area contributed by atoms with E-state index in [4.69, 9.17) is 21.4 Å². The van der Waals surface area contributed by atoms with Gasteiger partial charge in [0, 0.05) is 23.7 Å². The number of aromatic nitrogens is 1. The summed E-state index contributed by atoms with van der Waals surface area (Å²) in [6.45, 7) is -0.941. The molecule has 0 fully saturated rings. The number of carbonyl (C=O) groups excluding carboxylic acids is 1. The van der Waals surface area contributed by atoms with E-state index in [1.165, 1.54) is 17.6 Å². The first-order valence-corrected chi connectivity index (χ1v) is 14.0.